The van der Waals surface area contributed by atoms with Gasteiger partial charge in [-0.3, -0.25) is 4.79 Å². The molecule has 18 heavy (non-hydrogen) atoms. The van der Waals surface area contributed by atoms with Crippen LogP contribution in [0.2, 0.25) is 5.02 Å². The van der Waals surface area contributed by atoms with Crippen molar-refractivity contribution in [3.63, 3.8) is 0 Å². The number of benzene rings is 2. The third-order valence-corrected chi connectivity index (χ3v) is 3.21. The third-order valence-electron chi connectivity index (χ3n) is 2.98. The lowest BCUT2D eigenvalue weighted by Crippen LogP contribution is -2.03. The van der Waals surface area contributed by atoms with E-state index in [1.165, 1.54) is 0 Å². The molecule has 0 atom stereocenters. The van der Waals surface area contributed by atoms with Crippen LogP contribution in [0.15, 0.2) is 48.5 Å². The van der Waals surface area contributed by atoms with E-state index in [-0.39, 0.29) is 5.78 Å². The van der Waals surface area contributed by atoms with Crippen molar-refractivity contribution in [3.8, 4) is 0 Å². The first-order valence-electron chi connectivity index (χ1n) is 6.00. The van der Waals surface area contributed by atoms with Crippen LogP contribution < -0.4 is 0 Å². The van der Waals surface area contributed by atoms with Gasteiger partial charge in [-0.1, -0.05) is 48.0 Å². The standard InChI is InChI=1S/C16H15ClO/c1-12-5-2-3-8-15(12)16(18)10-9-13-6-4-7-14(17)11-13/h2-8,11H,9-10H2,1H3. The molecule has 0 amide bonds. The molecule has 0 fully saturated rings. The zero-order valence-corrected chi connectivity index (χ0v) is 11.1. The number of hydrogen-bond acceptors (Lipinski definition) is 1. The summed E-state index contributed by atoms with van der Waals surface area (Å²) in [5.74, 6) is 0.188. The second-order valence-electron chi connectivity index (χ2n) is 4.37. The molecular weight excluding hydrogens is 244 g/mol. The first kappa shape index (κ1) is 12.8. The summed E-state index contributed by atoms with van der Waals surface area (Å²) >= 11 is 5.92. The number of Topliss-reactive ketones (excluding diaryl/α,β-unsaturated/α-hetero) is 1. The fourth-order valence-corrected chi connectivity index (χ4v) is 2.18. The van der Waals surface area contributed by atoms with E-state index in [0.717, 1.165) is 28.1 Å². The van der Waals surface area contributed by atoms with E-state index in [4.69, 9.17) is 11.6 Å². The van der Waals surface area contributed by atoms with Crippen LogP contribution in [0.3, 0.4) is 0 Å². The normalized spacial score (nSPS) is 10.3. The van der Waals surface area contributed by atoms with E-state index in [0.29, 0.717) is 6.42 Å². The van der Waals surface area contributed by atoms with Crippen LogP contribution >= 0.6 is 11.6 Å². The fraction of sp³-hybridized carbons (Fsp3) is 0.188. The summed E-state index contributed by atoms with van der Waals surface area (Å²) in [5.41, 5.74) is 2.96. The highest BCUT2D eigenvalue weighted by Crippen LogP contribution is 2.15. The van der Waals surface area contributed by atoms with Gasteiger partial charge in [0.25, 0.3) is 0 Å². The minimum absolute atomic E-state index is 0.188. The van der Waals surface area contributed by atoms with E-state index in [1.54, 1.807) is 0 Å². The quantitative estimate of drug-likeness (QED) is 0.740. The molecule has 0 radical (unpaired) electrons. The molecule has 0 saturated carbocycles. The molecule has 0 heterocycles. The van der Waals surface area contributed by atoms with Gasteiger partial charge in [-0.25, -0.2) is 0 Å². The topological polar surface area (TPSA) is 17.1 Å². The van der Waals surface area contributed by atoms with Crippen LogP contribution in [0.5, 0.6) is 0 Å². The SMILES string of the molecule is Cc1ccccc1C(=O)CCc1cccc(Cl)c1. The van der Waals surface area contributed by atoms with Crippen molar-refractivity contribution in [2.45, 2.75) is 19.8 Å². The molecule has 0 aliphatic carbocycles. The van der Waals surface area contributed by atoms with Gasteiger partial charge in [0.15, 0.2) is 5.78 Å². The predicted octanol–water partition coefficient (Wildman–Crippen LogP) is 4.46. The Balaban J connectivity index is 2.03. The van der Waals surface area contributed by atoms with Gasteiger partial charge in [0.05, 0.1) is 0 Å². The van der Waals surface area contributed by atoms with Gasteiger partial charge in [0.2, 0.25) is 0 Å². The number of halogens is 1. The summed E-state index contributed by atoms with van der Waals surface area (Å²) in [6.45, 7) is 1.96. The van der Waals surface area contributed by atoms with Crippen molar-refractivity contribution in [1.82, 2.24) is 0 Å². The largest absolute Gasteiger partial charge is 0.294 e. The monoisotopic (exact) mass is 258 g/mol. The smallest absolute Gasteiger partial charge is 0.163 e. The molecule has 0 aliphatic rings. The predicted molar refractivity (Wildman–Crippen MR) is 75.3 cm³/mol. The number of hydrogen-bond donors (Lipinski definition) is 0. The summed E-state index contributed by atoms with van der Waals surface area (Å²) in [6.07, 6.45) is 1.25. The van der Waals surface area contributed by atoms with Gasteiger partial charge in [-0.05, 0) is 36.6 Å². The molecule has 0 saturated heterocycles. The van der Waals surface area contributed by atoms with Crippen LogP contribution in [-0.2, 0) is 6.42 Å². The molecule has 0 spiro atoms. The van der Waals surface area contributed by atoms with Crippen molar-refractivity contribution in [3.05, 3.63) is 70.2 Å². The summed E-state index contributed by atoms with van der Waals surface area (Å²) in [4.78, 5) is 12.1. The second kappa shape index (κ2) is 5.83. The van der Waals surface area contributed by atoms with Gasteiger partial charge in [0, 0.05) is 17.0 Å². The third kappa shape index (κ3) is 3.21. The Kier molecular flexibility index (Phi) is 4.16. The Bertz CT molecular complexity index is 561. The second-order valence-corrected chi connectivity index (χ2v) is 4.80. The minimum atomic E-state index is 0.188. The molecule has 0 bridgehead atoms. The summed E-state index contributed by atoms with van der Waals surface area (Å²) in [6, 6.07) is 15.4. The first-order valence-corrected chi connectivity index (χ1v) is 6.38. The summed E-state index contributed by atoms with van der Waals surface area (Å²) < 4.78 is 0. The molecule has 0 aliphatic heterocycles. The molecular formula is C16H15ClO. The molecule has 0 aromatic heterocycles. The van der Waals surface area contributed by atoms with Crippen molar-refractivity contribution < 1.29 is 4.79 Å². The van der Waals surface area contributed by atoms with Crippen molar-refractivity contribution >= 4 is 17.4 Å². The number of ketones is 1. The van der Waals surface area contributed by atoms with E-state index in [2.05, 4.69) is 0 Å². The minimum Gasteiger partial charge on any atom is -0.294 e. The van der Waals surface area contributed by atoms with Crippen LogP contribution in [0, 0.1) is 6.92 Å². The van der Waals surface area contributed by atoms with Crippen LogP contribution in [0.25, 0.3) is 0 Å². The maximum Gasteiger partial charge on any atom is 0.163 e. The van der Waals surface area contributed by atoms with E-state index in [9.17, 15) is 4.79 Å². The molecule has 0 unspecified atom stereocenters. The number of aryl methyl sites for hydroxylation is 2. The summed E-state index contributed by atoms with van der Waals surface area (Å²) in [7, 11) is 0. The molecule has 2 aromatic rings. The Hall–Kier alpha value is -1.60. The zero-order valence-electron chi connectivity index (χ0n) is 10.3. The Morgan fingerprint density at radius 2 is 1.89 bits per heavy atom. The average Bonchev–Trinajstić information content (AvgIpc) is 2.37. The van der Waals surface area contributed by atoms with E-state index in [1.807, 2.05) is 55.5 Å². The number of rotatable bonds is 4. The first-order chi connectivity index (χ1) is 8.66. The van der Waals surface area contributed by atoms with Gasteiger partial charge < -0.3 is 0 Å². The lowest BCUT2D eigenvalue weighted by molar-refractivity contribution is 0.0982. The highest BCUT2D eigenvalue weighted by Gasteiger charge is 2.08. The number of carbonyl (C=O) groups is 1. The number of carbonyl (C=O) groups excluding carboxylic acids is 1. The zero-order chi connectivity index (χ0) is 13.0. The van der Waals surface area contributed by atoms with Gasteiger partial charge in [-0.2, -0.15) is 0 Å². The van der Waals surface area contributed by atoms with Gasteiger partial charge >= 0.3 is 0 Å². The Labute approximate surface area is 112 Å². The van der Waals surface area contributed by atoms with Crippen molar-refractivity contribution in [2.24, 2.45) is 0 Å². The van der Waals surface area contributed by atoms with E-state index < -0.39 is 0 Å². The fourth-order valence-electron chi connectivity index (χ4n) is 1.97. The van der Waals surface area contributed by atoms with Gasteiger partial charge in [0.1, 0.15) is 0 Å². The Morgan fingerprint density at radius 1 is 1.11 bits per heavy atom. The summed E-state index contributed by atoms with van der Waals surface area (Å²) in [5, 5.41) is 0.718. The van der Waals surface area contributed by atoms with Crippen molar-refractivity contribution in [2.75, 3.05) is 0 Å². The average molecular weight is 259 g/mol. The maximum atomic E-state index is 12.1. The lowest BCUT2D eigenvalue weighted by Gasteiger charge is -2.05. The molecule has 1 nitrogen and oxygen atoms in total. The molecule has 0 N–H and O–H groups in total. The van der Waals surface area contributed by atoms with Crippen LogP contribution in [0.1, 0.15) is 27.9 Å². The lowest BCUT2D eigenvalue weighted by atomic mass is 9.99. The van der Waals surface area contributed by atoms with Gasteiger partial charge in [-0.15, -0.1) is 0 Å². The Morgan fingerprint density at radius 3 is 2.61 bits per heavy atom. The molecule has 92 valence electrons. The molecule has 2 heteroatoms. The highest BCUT2D eigenvalue weighted by atomic mass is 35.5. The van der Waals surface area contributed by atoms with Crippen LogP contribution in [-0.4, -0.2) is 5.78 Å². The highest BCUT2D eigenvalue weighted by molar-refractivity contribution is 6.30. The van der Waals surface area contributed by atoms with E-state index >= 15 is 0 Å². The molecule has 2 rings (SSSR count). The van der Waals surface area contributed by atoms with Crippen molar-refractivity contribution in [1.29, 1.82) is 0 Å². The van der Waals surface area contributed by atoms with Crippen LogP contribution in [0.4, 0.5) is 0 Å². The molecule has 2 aromatic carbocycles. The maximum absolute atomic E-state index is 12.1.